The van der Waals surface area contributed by atoms with Gasteiger partial charge in [-0.3, -0.25) is 4.79 Å². The Hall–Kier alpha value is -1.07. The summed E-state index contributed by atoms with van der Waals surface area (Å²) < 4.78 is 6.54. The second-order valence-electron chi connectivity index (χ2n) is 4.42. The lowest BCUT2D eigenvalue weighted by molar-refractivity contribution is -0.125. The molecule has 1 aromatic carbocycles. The number of fused-ring (bicyclic) bond motifs is 1. The smallest absolute Gasteiger partial charge is 0.269 e. The van der Waals surface area contributed by atoms with Gasteiger partial charge < -0.3 is 15.4 Å². The number of likely N-dealkylation sites (N-methyl/N-ethyl adjacent to an activating group) is 1. The Labute approximate surface area is 115 Å². The Morgan fingerprint density at radius 2 is 2.22 bits per heavy atom. The van der Waals surface area contributed by atoms with Crippen molar-refractivity contribution in [2.45, 2.75) is 25.9 Å². The Bertz CT molecular complexity index is 476. The number of ether oxygens (including phenoxy) is 1. The zero-order valence-corrected chi connectivity index (χ0v) is 12.2. The molecule has 0 saturated heterocycles. The van der Waals surface area contributed by atoms with Crippen molar-refractivity contribution in [3.63, 3.8) is 0 Å². The van der Waals surface area contributed by atoms with Gasteiger partial charge in [0.25, 0.3) is 5.91 Å². The first-order valence-electron chi connectivity index (χ1n) is 6.05. The average molecular weight is 313 g/mol. The van der Waals surface area contributed by atoms with E-state index >= 15 is 0 Å². The van der Waals surface area contributed by atoms with Crippen molar-refractivity contribution < 1.29 is 9.53 Å². The third-order valence-corrected chi connectivity index (χ3v) is 3.65. The van der Waals surface area contributed by atoms with Crippen LogP contribution in [0.25, 0.3) is 0 Å². The number of amides is 1. The van der Waals surface area contributed by atoms with Gasteiger partial charge in [-0.25, -0.2) is 0 Å². The summed E-state index contributed by atoms with van der Waals surface area (Å²) in [5.41, 5.74) is 7.55. The van der Waals surface area contributed by atoms with E-state index in [-0.39, 0.29) is 12.5 Å². The highest BCUT2D eigenvalue weighted by molar-refractivity contribution is 9.10. The minimum atomic E-state index is -0.587. The number of benzene rings is 1. The van der Waals surface area contributed by atoms with E-state index in [1.165, 1.54) is 5.56 Å². The molecule has 0 saturated carbocycles. The maximum atomic E-state index is 12.0. The molecule has 2 N–H and O–H groups in total. The molecule has 1 atom stereocenters. The van der Waals surface area contributed by atoms with Crippen LogP contribution in [0.3, 0.4) is 0 Å². The maximum absolute atomic E-state index is 12.0. The van der Waals surface area contributed by atoms with E-state index < -0.39 is 6.10 Å². The van der Waals surface area contributed by atoms with Crippen molar-refractivity contribution in [3.05, 3.63) is 22.2 Å². The van der Waals surface area contributed by atoms with E-state index in [4.69, 9.17) is 10.5 Å². The van der Waals surface area contributed by atoms with Gasteiger partial charge in [-0.15, -0.1) is 0 Å². The molecule has 1 aliphatic rings. The van der Waals surface area contributed by atoms with Crippen LogP contribution in [-0.2, 0) is 11.2 Å². The lowest BCUT2D eigenvalue weighted by atomic mass is 10.1. The van der Waals surface area contributed by atoms with Crippen LogP contribution in [0.2, 0.25) is 0 Å². The topological polar surface area (TPSA) is 55.6 Å². The van der Waals surface area contributed by atoms with Crippen LogP contribution >= 0.6 is 15.9 Å². The molecule has 0 bridgehead atoms. The van der Waals surface area contributed by atoms with E-state index in [0.29, 0.717) is 5.75 Å². The van der Waals surface area contributed by atoms with E-state index in [9.17, 15) is 4.79 Å². The van der Waals surface area contributed by atoms with Gasteiger partial charge in [-0.1, -0.05) is 13.3 Å². The van der Waals surface area contributed by atoms with Gasteiger partial charge in [0.2, 0.25) is 0 Å². The summed E-state index contributed by atoms with van der Waals surface area (Å²) in [5, 5.41) is 0. The molecule has 0 spiro atoms. The molecule has 98 valence electrons. The molecule has 0 radical (unpaired) electrons. The molecular formula is C13H17BrN2O2. The molecule has 2 rings (SSSR count). The number of hydrogen-bond donors (Lipinski definition) is 1. The van der Waals surface area contributed by atoms with E-state index in [0.717, 1.165) is 23.0 Å². The first kappa shape index (κ1) is 13.4. The van der Waals surface area contributed by atoms with Crippen LogP contribution in [0, 0.1) is 0 Å². The number of carbonyl (C=O) groups is 1. The predicted molar refractivity (Wildman–Crippen MR) is 75.0 cm³/mol. The van der Waals surface area contributed by atoms with Crippen LogP contribution in [-0.4, -0.2) is 25.6 Å². The fraction of sp³-hybridized carbons (Fsp3) is 0.462. The molecule has 1 aliphatic heterocycles. The molecule has 18 heavy (non-hydrogen) atoms. The minimum Gasteiger partial charge on any atom is -0.476 e. The normalized spacial score (nSPS) is 18.6. The fourth-order valence-corrected chi connectivity index (χ4v) is 2.70. The number of nitrogens with two attached hydrogens (primary N) is 1. The molecule has 0 fully saturated rings. The average Bonchev–Trinajstić information content (AvgIpc) is 2.35. The van der Waals surface area contributed by atoms with Crippen molar-refractivity contribution >= 4 is 27.5 Å². The highest BCUT2D eigenvalue weighted by atomic mass is 79.9. The molecule has 5 heteroatoms. The first-order chi connectivity index (χ1) is 8.58. The van der Waals surface area contributed by atoms with E-state index in [1.54, 1.807) is 11.9 Å². The van der Waals surface area contributed by atoms with Crippen LogP contribution in [0.5, 0.6) is 5.75 Å². The van der Waals surface area contributed by atoms with Gasteiger partial charge in [0.15, 0.2) is 11.9 Å². The van der Waals surface area contributed by atoms with Crippen molar-refractivity contribution in [1.82, 2.24) is 0 Å². The number of halogens is 1. The number of hydrogen-bond acceptors (Lipinski definition) is 3. The second kappa shape index (κ2) is 5.28. The van der Waals surface area contributed by atoms with Gasteiger partial charge in [-0.05, 0) is 40.0 Å². The standard InChI is InChI=1S/C13H17BrN2O2/c1-3-4-8-5-9(14)12-10(6-8)16(2)13(17)11(7-15)18-12/h5-6,11H,3-4,7,15H2,1-2H3. The SMILES string of the molecule is CCCc1cc(Br)c2c(c1)N(C)C(=O)C(CN)O2. The van der Waals surface area contributed by atoms with Crippen molar-refractivity contribution in [1.29, 1.82) is 0 Å². The zero-order chi connectivity index (χ0) is 13.3. The lowest BCUT2D eigenvalue weighted by Crippen LogP contribution is -2.47. The summed E-state index contributed by atoms with van der Waals surface area (Å²) in [4.78, 5) is 13.6. The number of carbonyl (C=O) groups excluding carboxylic acids is 1. The van der Waals surface area contributed by atoms with E-state index in [2.05, 4.69) is 22.9 Å². The number of aryl methyl sites for hydroxylation is 1. The molecule has 1 heterocycles. The monoisotopic (exact) mass is 312 g/mol. The molecule has 1 amide bonds. The summed E-state index contributed by atoms with van der Waals surface area (Å²) in [6, 6.07) is 4.05. The minimum absolute atomic E-state index is 0.0921. The summed E-state index contributed by atoms with van der Waals surface area (Å²) >= 11 is 3.50. The third-order valence-electron chi connectivity index (χ3n) is 3.06. The Morgan fingerprint density at radius 1 is 1.50 bits per heavy atom. The molecule has 0 aliphatic carbocycles. The molecule has 0 aromatic heterocycles. The molecule has 4 nitrogen and oxygen atoms in total. The number of rotatable bonds is 3. The fourth-order valence-electron chi connectivity index (χ4n) is 2.11. The molecular weight excluding hydrogens is 296 g/mol. The van der Waals surface area contributed by atoms with Crippen LogP contribution in [0.1, 0.15) is 18.9 Å². The van der Waals surface area contributed by atoms with Crippen LogP contribution in [0.4, 0.5) is 5.69 Å². The van der Waals surface area contributed by atoms with Gasteiger partial charge in [0, 0.05) is 13.6 Å². The third kappa shape index (κ3) is 2.24. The van der Waals surface area contributed by atoms with Gasteiger partial charge in [-0.2, -0.15) is 0 Å². The van der Waals surface area contributed by atoms with Crippen LogP contribution < -0.4 is 15.4 Å². The summed E-state index contributed by atoms with van der Waals surface area (Å²) in [6.07, 6.45) is 1.46. The lowest BCUT2D eigenvalue weighted by Gasteiger charge is -2.32. The van der Waals surface area contributed by atoms with Crippen molar-refractivity contribution in [3.8, 4) is 5.75 Å². The first-order valence-corrected chi connectivity index (χ1v) is 6.84. The largest absolute Gasteiger partial charge is 0.476 e. The summed E-state index contributed by atoms with van der Waals surface area (Å²) in [5.74, 6) is 0.609. The highest BCUT2D eigenvalue weighted by Crippen LogP contribution is 2.40. The van der Waals surface area contributed by atoms with Gasteiger partial charge in [0.1, 0.15) is 0 Å². The number of anilines is 1. The van der Waals surface area contributed by atoms with Crippen molar-refractivity contribution in [2.24, 2.45) is 5.73 Å². The highest BCUT2D eigenvalue weighted by Gasteiger charge is 2.32. The Kier molecular flexibility index (Phi) is 3.92. The maximum Gasteiger partial charge on any atom is 0.269 e. The Morgan fingerprint density at radius 3 is 2.83 bits per heavy atom. The predicted octanol–water partition coefficient (Wildman–Crippen LogP) is 2.08. The van der Waals surface area contributed by atoms with Gasteiger partial charge in [0.05, 0.1) is 10.2 Å². The van der Waals surface area contributed by atoms with Gasteiger partial charge >= 0.3 is 0 Å². The van der Waals surface area contributed by atoms with Crippen molar-refractivity contribution in [2.75, 3.05) is 18.5 Å². The van der Waals surface area contributed by atoms with Crippen LogP contribution in [0.15, 0.2) is 16.6 Å². The van der Waals surface area contributed by atoms with E-state index in [1.807, 2.05) is 12.1 Å². The Balaban J connectivity index is 2.46. The number of nitrogens with zero attached hydrogens (tertiary/aromatic N) is 1. The summed E-state index contributed by atoms with van der Waals surface area (Å²) in [7, 11) is 1.76. The molecule has 1 unspecified atom stereocenters. The summed E-state index contributed by atoms with van der Waals surface area (Å²) in [6.45, 7) is 2.31. The zero-order valence-electron chi connectivity index (χ0n) is 10.6. The second-order valence-corrected chi connectivity index (χ2v) is 5.27. The quantitative estimate of drug-likeness (QED) is 0.929. The molecule has 1 aromatic rings.